The summed E-state index contributed by atoms with van der Waals surface area (Å²) in [6, 6.07) is 0. The van der Waals surface area contributed by atoms with Crippen molar-refractivity contribution in [2.45, 2.75) is 19.3 Å². The Bertz CT molecular complexity index is 360. The largest absolute Gasteiger partial charge is 0.388 e. The second kappa shape index (κ2) is 5.27. The van der Waals surface area contributed by atoms with Crippen molar-refractivity contribution in [3.8, 4) is 0 Å². The summed E-state index contributed by atoms with van der Waals surface area (Å²) < 4.78 is 23.8. The Morgan fingerprint density at radius 1 is 1.33 bits per heavy atom. The summed E-state index contributed by atoms with van der Waals surface area (Å²) in [7, 11) is -3.08. The van der Waals surface area contributed by atoms with Crippen molar-refractivity contribution < 1.29 is 13.2 Å². The van der Waals surface area contributed by atoms with Crippen LogP contribution >= 0.6 is 0 Å². The zero-order valence-electron chi connectivity index (χ0n) is 8.75. The average Bonchev–Trinajstić information content (AvgIpc) is 2.49. The number of hydrogen-bond acceptors (Lipinski definition) is 4. The maximum atomic E-state index is 10.9. The molecule has 0 atom stereocenters. The molecule has 1 aliphatic carbocycles. The van der Waals surface area contributed by atoms with E-state index in [1.54, 1.807) is 6.08 Å². The lowest BCUT2D eigenvalue weighted by atomic mass is 10.3. The average molecular weight is 232 g/mol. The molecule has 15 heavy (non-hydrogen) atoms. The summed E-state index contributed by atoms with van der Waals surface area (Å²) in [6.07, 6.45) is 4.82. The molecule has 0 spiro atoms. The molecule has 0 unspecified atom stereocenters. The van der Waals surface area contributed by atoms with Gasteiger partial charge in [0.1, 0.15) is 0 Å². The smallest absolute Gasteiger partial charge is 0.208 e. The third-order valence-electron chi connectivity index (χ3n) is 2.05. The summed E-state index contributed by atoms with van der Waals surface area (Å²) >= 11 is 0. The Morgan fingerprint density at radius 2 is 2.07 bits per heavy atom. The van der Waals surface area contributed by atoms with E-state index in [1.165, 1.54) is 0 Å². The minimum Gasteiger partial charge on any atom is -0.388 e. The number of ketones is 1. The predicted octanol–water partition coefficient (Wildman–Crippen LogP) is -0.238. The van der Waals surface area contributed by atoms with Crippen molar-refractivity contribution in [2.24, 2.45) is 0 Å². The summed E-state index contributed by atoms with van der Waals surface area (Å²) in [5, 5.41) is 3.10. The predicted molar refractivity (Wildman–Crippen MR) is 57.8 cm³/mol. The topological polar surface area (TPSA) is 75.3 Å². The van der Waals surface area contributed by atoms with E-state index in [1.807, 2.05) is 0 Å². The number of sulfonamides is 1. The fraction of sp³-hybridized carbons (Fsp3) is 0.667. The summed E-state index contributed by atoms with van der Waals surface area (Å²) in [4.78, 5) is 10.9. The molecule has 1 aliphatic rings. The molecule has 0 radical (unpaired) electrons. The van der Waals surface area contributed by atoms with Crippen molar-refractivity contribution in [3.63, 3.8) is 0 Å². The normalized spacial score (nSPS) is 16.6. The molecule has 0 aliphatic heterocycles. The number of allylic oxidation sites excluding steroid dienone is 2. The van der Waals surface area contributed by atoms with Crippen molar-refractivity contribution in [3.05, 3.63) is 11.8 Å². The highest BCUT2D eigenvalue weighted by molar-refractivity contribution is 7.88. The van der Waals surface area contributed by atoms with E-state index in [9.17, 15) is 13.2 Å². The molecule has 0 amide bonds. The highest BCUT2D eigenvalue weighted by Crippen LogP contribution is 2.11. The van der Waals surface area contributed by atoms with Gasteiger partial charge in [-0.05, 0) is 12.8 Å². The third kappa shape index (κ3) is 5.54. The zero-order chi connectivity index (χ0) is 11.3. The van der Waals surface area contributed by atoms with E-state index >= 15 is 0 Å². The molecule has 0 bridgehead atoms. The van der Waals surface area contributed by atoms with Gasteiger partial charge in [0.15, 0.2) is 5.78 Å². The second-order valence-electron chi connectivity index (χ2n) is 3.58. The molecule has 0 saturated carbocycles. The lowest BCUT2D eigenvalue weighted by molar-refractivity contribution is -0.114. The van der Waals surface area contributed by atoms with Crippen LogP contribution in [0.3, 0.4) is 0 Å². The van der Waals surface area contributed by atoms with Crippen LogP contribution in [0.2, 0.25) is 0 Å². The Balaban J connectivity index is 2.08. The molecule has 6 heteroatoms. The van der Waals surface area contributed by atoms with Crippen LogP contribution in [0.15, 0.2) is 11.8 Å². The van der Waals surface area contributed by atoms with Crippen LogP contribution in [0.1, 0.15) is 19.3 Å². The number of hydrogen-bond donors (Lipinski definition) is 2. The van der Waals surface area contributed by atoms with Crippen LogP contribution in [0.5, 0.6) is 0 Å². The first-order valence-electron chi connectivity index (χ1n) is 4.89. The number of carbonyl (C=O) groups excluding carboxylic acids is 1. The minimum atomic E-state index is -3.08. The van der Waals surface area contributed by atoms with Gasteiger partial charge in [-0.1, -0.05) is 0 Å². The Labute approximate surface area is 90.0 Å². The first-order chi connectivity index (χ1) is 6.97. The van der Waals surface area contributed by atoms with Crippen molar-refractivity contribution in [2.75, 3.05) is 19.3 Å². The van der Waals surface area contributed by atoms with Gasteiger partial charge >= 0.3 is 0 Å². The van der Waals surface area contributed by atoms with Crippen LogP contribution in [-0.2, 0) is 14.8 Å². The van der Waals surface area contributed by atoms with Crippen molar-refractivity contribution >= 4 is 15.8 Å². The van der Waals surface area contributed by atoms with Crippen LogP contribution in [0.25, 0.3) is 0 Å². The fourth-order valence-corrected chi connectivity index (χ4v) is 1.85. The van der Waals surface area contributed by atoms with E-state index in [0.717, 1.165) is 18.4 Å². The van der Waals surface area contributed by atoms with Gasteiger partial charge in [0.25, 0.3) is 0 Å². The molecule has 0 aromatic carbocycles. The van der Waals surface area contributed by atoms with E-state index < -0.39 is 10.0 Å². The van der Waals surface area contributed by atoms with Crippen LogP contribution < -0.4 is 10.0 Å². The molecule has 0 heterocycles. The lowest BCUT2D eigenvalue weighted by Gasteiger charge is -2.06. The van der Waals surface area contributed by atoms with Gasteiger partial charge in [0, 0.05) is 31.3 Å². The van der Waals surface area contributed by atoms with Gasteiger partial charge in [-0.3, -0.25) is 4.79 Å². The van der Waals surface area contributed by atoms with Gasteiger partial charge in [-0.15, -0.1) is 0 Å². The maximum absolute atomic E-state index is 10.9. The van der Waals surface area contributed by atoms with Gasteiger partial charge < -0.3 is 5.32 Å². The quantitative estimate of drug-likeness (QED) is 0.620. The molecule has 2 N–H and O–H groups in total. The fourth-order valence-electron chi connectivity index (χ4n) is 1.33. The van der Waals surface area contributed by atoms with Gasteiger partial charge in [-0.2, -0.15) is 0 Å². The Kier molecular flexibility index (Phi) is 4.28. The second-order valence-corrected chi connectivity index (χ2v) is 5.42. The summed E-state index contributed by atoms with van der Waals surface area (Å²) in [5.74, 6) is 0.159. The molecule has 1 rings (SSSR count). The number of rotatable bonds is 6. The van der Waals surface area contributed by atoms with E-state index in [0.29, 0.717) is 25.9 Å². The zero-order valence-corrected chi connectivity index (χ0v) is 9.56. The SMILES string of the molecule is CS(=O)(=O)NCCCNC1=CC(=O)CC1. The van der Waals surface area contributed by atoms with Crippen LogP contribution in [0, 0.1) is 0 Å². The Hall–Kier alpha value is -0.880. The van der Waals surface area contributed by atoms with E-state index in [-0.39, 0.29) is 5.78 Å². The van der Waals surface area contributed by atoms with Crippen LogP contribution in [0.4, 0.5) is 0 Å². The van der Waals surface area contributed by atoms with Crippen LogP contribution in [-0.4, -0.2) is 33.5 Å². The third-order valence-corrected chi connectivity index (χ3v) is 2.77. The molecule has 0 fully saturated rings. The molecule has 0 saturated heterocycles. The van der Waals surface area contributed by atoms with E-state index in [4.69, 9.17) is 0 Å². The Morgan fingerprint density at radius 3 is 2.60 bits per heavy atom. The highest BCUT2D eigenvalue weighted by Gasteiger charge is 2.10. The van der Waals surface area contributed by atoms with Gasteiger partial charge in [0.05, 0.1) is 6.26 Å². The van der Waals surface area contributed by atoms with Gasteiger partial charge in [0.2, 0.25) is 10.0 Å². The summed E-state index contributed by atoms with van der Waals surface area (Å²) in [5.41, 5.74) is 0.958. The molecule has 5 nitrogen and oxygen atoms in total. The van der Waals surface area contributed by atoms with E-state index in [2.05, 4.69) is 10.0 Å². The minimum absolute atomic E-state index is 0.159. The standard InChI is InChI=1S/C9H16N2O3S/c1-15(13,14)11-6-2-5-10-8-3-4-9(12)7-8/h7,10-11H,2-6H2,1H3. The highest BCUT2D eigenvalue weighted by atomic mass is 32.2. The molecular weight excluding hydrogens is 216 g/mol. The lowest BCUT2D eigenvalue weighted by Crippen LogP contribution is -2.26. The maximum Gasteiger partial charge on any atom is 0.208 e. The first kappa shape index (κ1) is 12.2. The molecule has 0 aromatic rings. The first-order valence-corrected chi connectivity index (χ1v) is 6.78. The number of carbonyl (C=O) groups is 1. The van der Waals surface area contributed by atoms with Crippen molar-refractivity contribution in [1.82, 2.24) is 10.0 Å². The van der Waals surface area contributed by atoms with Crippen molar-refractivity contribution in [1.29, 1.82) is 0 Å². The molecule has 0 aromatic heterocycles. The molecule has 86 valence electrons. The van der Waals surface area contributed by atoms with Gasteiger partial charge in [-0.25, -0.2) is 13.1 Å². The molecular formula is C9H16N2O3S. The number of nitrogens with one attached hydrogen (secondary N) is 2. The monoisotopic (exact) mass is 232 g/mol. The summed E-state index contributed by atoms with van der Waals surface area (Å²) in [6.45, 7) is 1.11.